The standard InChI is InChI=1S/C11H17NO2/c1-7-4-5-8(2)10(14)9(7)11(3,12)6-13/h4-5,13-14H,6,12H2,1-3H3. The summed E-state index contributed by atoms with van der Waals surface area (Å²) in [6, 6.07) is 3.73. The van der Waals surface area contributed by atoms with Crippen LogP contribution < -0.4 is 5.73 Å². The van der Waals surface area contributed by atoms with E-state index in [1.165, 1.54) is 0 Å². The number of aromatic hydroxyl groups is 1. The SMILES string of the molecule is Cc1ccc(C)c(C(C)(N)CO)c1O. The second-order valence-corrected chi connectivity index (χ2v) is 4.00. The molecule has 4 N–H and O–H groups in total. The summed E-state index contributed by atoms with van der Waals surface area (Å²) < 4.78 is 0. The van der Waals surface area contributed by atoms with Crippen molar-refractivity contribution in [2.75, 3.05) is 6.61 Å². The predicted molar refractivity (Wildman–Crippen MR) is 56.2 cm³/mol. The van der Waals surface area contributed by atoms with E-state index in [1.807, 2.05) is 26.0 Å². The van der Waals surface area contributed by atoms with Crippen molar-refractivity contribution in [3.63, 3.8) is 0 Å². The first-order valence-electron chi connectivity index (χ1n) is 4.59. The van der Waals surface area contributed by atoms with Crippen molar-refractivity contribution < 1.29 is 10.2 Å². The fourth-order valence-electron chi connectivity index (χ4n) is 1.60. The summed E-state index contributed by atoms with van der Waals surface area (Å²) in [7, 11) is 0. The maximum atomic E-state index is 9.85. The zero-order valence-electron chi connectivity index (χ0n) is 8.83. The third-order valence-corrected chi connectivity index (χ3v) is 2.49. The van der Waals surface area contributed by atoms with Gasteiger partial charge in [-0.2, -0.15) is 0 Å². The highest BCUT2D eigenvalue weighted by atomic mass is 16.3. The molecule has 0 fully saturated rings. The van der Waals surface area contributed by atoms with Gasteiger partial charge in [-0.1, -0.05) is 12.1 Å². The summed E-state index contributed by atoms with van der Waals surface area (Å²) in [6.07, 6.45) is 0. The Hall–Kier alpha value is -1.06. The Bertz CT molecular complexity index is 345. The summed E-state index contributed by atoms with van der Waals surface area (Å²) in [5, 5.41) is 19.0. The van der Waals surface area contributed by atoms with E-state index in [0.29, 0.717) is 5.56 Å². The van der Waals surface area contributed by atoms with Gasteiger partial charge >= 0.3 is 0 Å². The highest BCUT2D eigenvalue weighted by Gasteiger charge is 2.26. The molecular formula is C11H17NO2. The first kappa shape index (κ1) is 11.0. The number of phenolic OH excluding ortho intramolecular Hbond substituents is 1. The summed E-state index contributed by atoms with van der Waals surface area (Å²) in [4.78, 5) is 0. The molecule has 0 aromatic heterocycles. The number of hydrogen-bond donors (Lipinski definition) is 3. The lowest BCUT2D eigenvalue weighted by atomic mass is 9.88. The minimum absolute atomic E-state index is 0.184. The van der Waals surface area contributed by atoms with Crippen molar-refractivity contribution in [1.82, 2.24) is 0 Å². The molecule has 0 heterocycles. The monoisotopic (exact) mass is 195 g/mol. The van der Waals surface area contributed by atoms with E-state index in [1.54, 1.807) is 6.92 Å². The van der Waals surface area contributed by atoms with Crippen LogP contribution in [0.5, 0.6) is 5.75 Å². The minimum atomic E-state index is -0.889. The Morgan fingerprint density at radius 3 is 2.29 bits per heavy atom. The topological polar surface area (TPSA) is 66.5 Å². The van der Waals surface area contributed by atoms with Gasteiger partial charge in [0.1, 0.15) is 5.75 Å². The summed E-state index contributed by atoms with van der Waals surface area (Å²) in [5.41, 5.74) is 7.30. The van der Waals surface area contributed by atoms with Crippen molar-refractivity contribution in [1.29, 1.82) is 0 Å². The number of aryl methyl sites for hydroxylation is 2. The lowest BCUT2D eigenvalue weighted by Crippen LogP contribution is -2.37. The molecular weight excluding hydrogens is 178 g/mol. The minimum Gasteiger partial charge on any atom is -0.507 e. The molecule has 1 rings (SSSR count). The molecule has 0 spiro atoms. The maximum Gasteiger partial charge on any atom is 0.123 e. The van der Waals surface area contributed by atoms with Gasteiger partial charge < -0.3 is 15.9 Å². The van der Waals surface area contributed by atoms with Crippen LogP contribution >= 0.6 is 0 Å². The van der Waals surface area contributed by atoms with E-state index in [9.17, 15) is 5.11 Å². The van der Waals surface area contributed by atoms with E-state index in [4.69, 9.17) is 10.8 Å². The molecule has 0 aliphatic carbocycles. The number of hydrogen-bond acceptors (Lipinski definition) is 3. The van der Waals surface area contributed by atoms with E-state index in [0.717, 1.165) is 11.1 Å². The molecule has 0 radical (unpaired) electrons. The van der Waals surface area contributed by atoms with Crippen LogP contribution in [0.1, 0.15) is 23.6 Å². The predicted octanol–water partition coefficient (Wildman–Crippen LogP) is 1.18. The molecule has 78 valence electrons. The van der Waals surface area contributed by atoms with Gasteiger partial charge in [0.05, 0.1) is 12.1 Å². The van der Waals surface area contributed by atoms with E-state index in [2.05, 4.69) is 0 Å². The fraction of sp³-hybridized carbons (Fsp3) is 0.455. The second kappa shape index (κ2) is 3.59. The van der Waals surface area contributed by atoms with Crippen molar-refractivity contribution in [2.45, 2.75) is 26.3 Å². The molecule has 1 aromatic carbocycles. The number of aliphatic hydroxyl groups excluding tert-OH is 1. The fourth-order valence-corrected chi connectivity index (χ4v) is 1.60. The molecule has 1 aromatic rings. The Kier molecular flexibility index (Phi) is 2.83. The van der Waals surface area contributed by atoms with Crippen LogP contribution in [0.15, 0.2) is 12.1 Å². The number of benzene rings is 1. The quantitative estimate of drug-likeness (QED) is 0.663. The van der Waals surface area contributed by atoms with Crippen molar-refractivity contribution in [3.05, 3.63) is 28.8 Å². The summed E-state index contributed by atoms with van der Waals surface area (Å²) in [5.74, 6) is 0.184. The van der Waals surface area contributed by atoms with Crippen LogP contribution in [0.4, 0.5) is 0 Å². The Morgan fingerprint density at radius 2 is 1.79 bits per heavy atom. The Labute approximate surface area is 84.2 Å². The second-order valence-electron chi connectivity index (χ2n) is 4.00. The maximum absolute atomic E-state index is 9.85. The van der Waals surface area contributed by atoms with Crippen LogP contribution in [0.2, 0.25) is 0 Å². The van der Waals surface area contributed by atoms with Gasteiger partial charge in [0, 0.05) is 5.56 Å². The van der Waals surface area contributed by atoms with Crippen LogP contribution in [0.25, 0.3) is 0 Å². The van der Waals surface area contributed by atoms with Crippen LogP contribution in [-0.2, 0) is 5.54 Å². The van der Waals surface area contributed by atoms with Crippen molar-refractivity contribution >= 4 is 0 Å². The molecule has 14 heavy (non-hydrogen) atoms. The largest absolute Gasteiger partial charge is 0.507 e. The Morgan fingerprint density at radius 1 is 1.29 bits per heavy atom. The lowest BCUT2D eigenvalue weighted by Gasteiger charge is -2.26. The molecule has 0 amide bonds. The molecule has 1 unspecified atom stereocenters. The van der Waals surface area contributed by atoms with Crippen molar-refractivity contribution in [2.24, 2.45) is 5.73 Å². The lowest BCUT2D eigenvalue weighted by molar-refractivity contribution is 0.206. The van der Waals surface area contributed by atoms with Crippen LogP contribution in [-0.4, -0.2) is 16.8 Å². The molecule has 1 atom stereocenters. The van der Waals surface area contributed by atoms with Gasteiger partial charge in [-0.15, -0.1) is 0 Å². The average molecular weight is 195 g/mol. The molecule has 0 aliphatic rings. The highest BCUT2D eigenvalue weighted by Crippen LogP contribution is 2.32. The van der Waals surface area contributed by atoms with Gasteiger partial charge in [0.15, 0.2) is 0 Å². The van der Waals surface area contributed by atoms with Crippen LogP contribution in [0, 0.1) is 13.8 Å². The summed E-state index contributed by atoms with van der Waals surface area (Å²) >= 11 is 0. The van der Waals surface area contributed by atoms with Gasteiger partial charge in [0.25, 0.3) is 0 Å². The molecule has 3 heteroatoms. The molecule has 0 aliphatic heterocycles. The third kappa shape index (κ3) is 1.74. The van der Waals surface area contributed by atoms with E-state index >= 15 is 0 Å². The zero-order chi connectivity index (χ0) is 10.9. The van der Waals surface area contributed by atoms with E-state index < -0.39 is 5.54 Å². The smallest absolute Gasteiger partial charge is 0.123 e. The molecule has 0 saturated heterocycles. The number of aliphatic hydroxyl groups is 1. The number of nitrogens with two attached hydrogens (primary N) is 1. The molecule has 0 saturated carbocycles. The molecule has 0 bridgehead atoms. The highest BCUT2D eigenvalue weighted by molar-refractivity contribution is 5.48. The first-order valence-corrected chi connectivity index (χ1v) is 4.59. The zero-order valence-corrected chi connectivity index (χ0v) is 8.83. The van der Waals surface area contributed by atoms with Gasteiger partial charge in [0.2, 0.25) is 0 Å². The Balaban J connectivity index is 3.40. The first-order chi connectivity index (χ1) is 6.40. The van der Waals surface area contributed by atoms with E-state index in [-0.39, 0.29) is 12.4 Å². The normalized spacial score (nSPS) is 15.2. The number of phenols is 1. The number of rotatable bonds is 2. The van der Waals surface area contributed by atoms with Gasteiger partial charge in [-0.3, -0.25) is 0 Å². The van der Waals surface area contributed by atoms with Gasteiger partial charge in [-0.05, 0) is 31.9 Å². The summed E-state index contributed by atoms with van der Waals surface area (Å²) in [6.45, 7) is 5.19. The van der Waals surface area contributed by atoms with Crippen molar-refractivity contribution in [3.8, 4) is 5.75 Å². The average Bonchev–Trinajstić information content (AvgIpc) is 2.12. The third-order valence-electron chi connectivity index (χ3n) is 2.49. The van der Waals surface area contributed by atoms with Gasteiger partial charge in [-0.25, -0.2) is 0 Å². The van der Waals surface area contributed by atoms with Crippen LogP contribution in [0.3, 0.4) is 0 Å². The molecule has 3 nitrogen and oxygen atoms in total.